The topological polar surface area (TPSA) is 96.8 Å². The molecule has 0 unspecified atom stereocenters. The monoisotopic (exact) mass is 533 g/mol. The molecule has 0 spiro atoms. The van der Waals surface area contributed by atoms with Gasteiger partial charge in [0.2, 0.25) is 0 Å². The van der Waals surface area contributed by atoms with Crippen LogP contribution in [0.15, 0.2) is 53.1 Å². The first-order chi connectivity index (χ1) is 16.5. The summed E-state index contributed by atoms with van der Waals surface area (Å²) >= 11 is 3.64. The van der Waals surface area contributed by atoms with Crippen LogP contribution in [0.1, 0.15) is 51.4 Å². The van der Waals surface area contributed by atoms with Crippen LogP contribution >= 0.6 is 15.9 Å². The number of benzene rings is 2. The summed E-state index contributed by atoms with van der Waals surface area (Å²) < 4.78 is 8.80. The second-order valence-electron chi connectivity index (χ2n) is 10.3. The van der Waals surface area contributed by atoms with E-state index in [2.05, 4.69) is 58.1 Å². The largest absolute Gasteiger partial charge is 0.488 e. The van der Waals surface area contributed by atoms with Crippen LogP contribution in [0.4, 0.5) is 0 Å². The van der Waals surface area contributed by atoms with Gasteiger partial charge in [-0.1, -0.05) is 44.2 Å². The van der Waals surface area contributed by atoms with Crippen molar-refractivity contribution >= 4 is 27.0 Å². The van der Waals surface area contributed by atoms with Gasteiger partial charge in [0, 0.05) is 23.9 Å². The maximum absolute atomic E-state index is 10.4. The Bertz CT molecular complexity index is 1420. The van der Waals surface area contributed by atoms with Gasteiger partial charge in [-0.3, -0.25) is 0 Å². The highest BCUT2D eigenvalue weighted by molar-refractivity contribution is 9.10. The summed E-state index contributed by atoms with van der Waals surface area (Å²) in [6.07, 6.45) is 1.54. The average Bonchev–Trinajstić information content (AvgIpc) is 3.19. The van der Waals surface area contributed by atoms with Gasteiger partial charge in [-0.15, -0.1) is 5.10 Å². The van der Waals surface area contributed by atoms with Gasteiger partial charge in [-0.2, -0.15) is 5.26 Å². The van der Waals surface area contributed by atoms with Crippen molar-refractivity contribution in [2.75, 3.05) is 0 Å². The minimum atomic E-state index is -1.06. The molecule has 0 radical (unpaired) electrons. The van der Waals surface area contributed by atoms with E-state index in [-0.39, 0.29) is 5.41 Å². The maximum atomic E-state index is 10.4. The molecular weight excluding hydrogens is 506 g/mol. The van der Waals surface area contributed by atoms with Gasteiger partial charge in [-0.25, -0.2) is 9.67 Å². The van der Waals surface area contributed by atoms with Gasteiger partial charge < -0.3 is 9.84 Å². The highest BCUT2D eigenvalue weighted by Crippen LogP contribution is 2.34. The van der Waals surface area contributed by atoms with E-state index < -0.39 is 5.60 Å². The van der Waals surface area contributed by atoms with E-state index in [1.165, 1.54) is 0 Å². The molecule has 2 aromatic carbocycles. The molecule has 0 bridgehead atoms. The quantitative estimate of drug-likeness (QED) is 0.327. The molecule has 35 heavy (non-hydrogen) atoms. The molecule has 0 aliphatic heterocycles. The van der Waals surface area contributed by atoms with Gasteiger partial charge in [0.15, 0.2) is 0 Å². The molecule has 4 aromatic rings. The van der Waals surface area contributed by atoms with E-state index >= 15 is 0 Å². The fourth-order valence-corrected chi connectivity index (χ4v) is 4.29. The fourth-order valence-electron chi connectivity index (χ4n) is 3.76. The number of nitriles is 1. The number of hydrogen-bond acceptors (Lipinski definition) is 6. The fraction of sp³-hybridized carbons (Fsp3) is 0.333. The van der Waals surface area contributed by atoms with Crippen molar-refractivity contribution in [2.24, 2.45) is 5.41 Å². The zero-order valence-electron chi connectivity index (χ0n) is 20.5. The van der Waals surface area contributed by atoms with E-state index in [1.54, 1.807) is 20.0 Å². The number of aromatic nitrogens is 4. The zero-order chi connectivity index (χ0) is 25.4. The second-order valence-corrected chi connectivity index (χ2v) is 11.1. The SMILES string of the molecule is CC(C)(C)Cn1nnc2c(Br)c(OCc3cccc(-c4cc(C(C)(C)O)cnc4C#N)c3)ccc21. The standard InChI is InChI=1S/C27H28BrN5O2/c1-26(2,3)16-33-22-9-10-23(24(28)25(22)31-32-33)35-15-17-7-6-8-18(11-17)20-12-19(27(4,5)34)14-30-21(20)13-29/h6-12,14,34H,15-16H2,1-5H3. The highest BCUT2D eigenvalue weighted by atomic mass is 79.9. The normalized spacial score (nSPS) is 12.1. The van der Waals surface area contributed by atoms with Crippen LogP contribution in [0.25, 0.3) is 22.2 Å². The van der Waals surface area contributed by atoms with Crippen LogP contribution in [-0.4, -0.2) is 25.1 Å². The Morgan fingerprint density at radius 3 is 2.57 bits per heavy atom. The third kappa shape index (κ3) is 5.53. The van der Waals surface area contributed by atoms with E-state index in [0.29, 0.717) is 29.2 Å². The first-order valence-electron chi connectivity index (χ1n) is 11.3. The van der Waals surface area contributed by atoms with E-state index in [1.807, 2.05) is 47.1 Å². The van der Waals surface area contributed by atoms with E-state index in [9.17, 15) is 10.4 Å². The molecular formula is C27H28BrN5O2. The Balaban J connectivity index is 1.59. The summed E-state index contributed by atoms with van der Waals surface area (Å²) in [4.78, 5) is 4.25. The number of pyridine rings is 1. The lowest BCUT2D eigenvalue weighted by atomic mass is 9.94. The molecule has 0 saturated heterocycles. The third-order valence-corrected chi connectivity index (χ3v) is 6.31. The molecule has 2 heterocycles. The van der Waals surface area contributed by atoms with Crippen LogP contribution in [0, 0.1) is 16.7 Å². The Morgan fingerprint density at radius 2 is 1.89 bits per heavy atom. The summed E-state index contributed by atoms with van der Waals surface area (Å²) in [6.45, 7) is 11.0. The van der Waals surface area contributed by atoms with Gasteiger partial charge in [-0.05, 0) is 70.6 Å². The van der Waals surface area contributed by atoms with Crippen molar-refractivity contribution in [1.82, 2.24) is 20.0 Å². The molecule has 0 aliphatic carbocycles. The number of halogens is 1. The lowest BCUT2D eigenvalue weighted by Crippen LogP contribution is -2.16. The molecule has 7 nitrogen and oxygen atoms in total. The Kier molecular flexibility index (Phi) is 6.67. The Hall–Kier alpha value is -3.28. The molecule has 8 heteroatoms. The number of ether oxygens (including phenoxy) is 1. The van der Waals surface area contributed by atoms with Crippen molar-refractivity contribution < 1.29 is 9.84 Å². The maximum Gasteiger partial charge on any atom is 0.148 e. The molecule has 0 fully saturated rings. The first kappa shape index (κ1) is 24.8. The van der Waals surface area contributed by atoms with Crippen LogP contribution in [0.5, 0.6) is 5.75 Å². The molecule has 1 N–H and O–H groups in total. The summed E-state index contributed by atoms with van der Waals surface area (Å²) in [5, 5.41) is 28.6. The van der Waals surface area contributed by atoms with Crippen molar-refractivity contribution in [1.29, 1.82) is 5.26 Å². The van der Waals surface area contributed by atoms with Crippen molar-refractivity contribution in [2.45, 2.75) is 53.4 Å². The van der Waals surface area contributed by atoms with E-state index in [0.717, 1.165) is 33.2 Å². The molecule has 0 amide bonds. The second kappa shape index (κ2) is 9.40. The minimum Gasteiger partial charge on any atom is -0.488 e. The molecule has 0 saturated carbocycles. The summed E-state index contributed by atoms with van der Waals surface area (Å²) in [6, 6.07) is 15.6. The van der Waals surface area contributed by atoms with Gasteiger partial charge >= 0.3 is 0 Å². The zero-order valence-corrected chi connectivity index (χ0v) is 22.1. The number of nitrogens with zero attached hydrogens (tertiary/aromatic N) is 5. The van der Waals surface area contributed by atoms with Crippen LogP contribution in [0.3, 0.4) is 0 Å². The third-order valence-electron chi connectivity index (χ3n) is 5.55. The molecule has 0 aliphatic rings. The van der Waals surface area contributed by atoms with Crippen LogP contribution in [0.2, 0.25) is 0 Å². The van der Waals surface area contributed by atoms with Gasteiger partial charge in [0.05, 0.1) is 15.6 Å². The summed E-state index contributed by atoms with van der Waals surface area (Å²) in [7, 11) is 0. The number of rotatable bonds is 6. The van der Waals surface area contributed by atoms with Crippen molar-refractivity contribution in [3.63, 3.8) is 0 Å². The Labute approximate surface area is 213 Å². The average molecular weight is 534 g/mol. The highest BCUT2D eigenvalue weighted by Gasteiger charge is 2.20. The molecule has 4 rings (SSSR count). The minimum absolute atomic E-state index is 0.0840. The predicted octanol–water partition coefficient (Wildman–Crippen LogP) is 5.98. The molecule has 2 aromatic heterocycles. The van der Waals surface area contributed by atoms with Crippen molar-refractivity contribution in [3.05, 3.63) is 70.0 Å². The lowest BCUT2D eigenvalue weighted by Gasteiger charge is -2.19. The predicted molar refractivity (Wildman–Crippen MR) is 139 cm³/mol. The number of hydrogen-bond donors (Lipinski definition) is 1. The van der Waals surface area contributed by atoms with Crippen LogP contribution < -0.4 is 4.74 Å². The lowest BCUT2D eigenvalue weighted by molar-refractivity contribution is 0.0782. The van der Waals surface area contributed by atoms with E-state index in [4.69, 9.17) is 4.74 Å². The van der Waals surface area contributed by atoms with Gasteiger partial charge in [0.25, 0.3) is 0 Å². The smallest absolute Gasteiger partial charge is 0.148 e. The first-order valence-corrected chi connectivity index (χ1v) is 12.1. The number of fused-ring (bicyclic) bond motifs is 1. The Morgan fingerprint density at radius 1 is 1.11 bits per heavy atom. The summed E-state index contributed by atoms with van der Waals surface area (Å²) in [5.41, 5.74) is 4.12. The number of aliphatic hydroxyl groups is 1. The van der Waals surface area contributed by atoms with Crippen molar-refractivity contribution in [3.8, 4) is 22.9 Å². The molecule has 0 atom stereocenters. The molecule has 180 valence electrons. The van der Waals surface area contributed by atoms with Crippen LogP contribution in [-0.2, 0) is 18.8 Å². The summed E-state index contributed by atoms with van der Waals surface area (Å²) in [5.74, 6) is 0.675. The van der Waals surface area contributed by atoms with Gasteiger partial charge in [0.1, 0.15) is 29.6 Å².